The van der Waals surface area contributed by atoms with Gasteiger partial charge in [0.15, 0.2) is 0 Å². The molecule has 2 atom stereocenters. The van der Waals surface area contributed by atoms with Crippen molar-refractivity contribution in [3.8, 4) is 0 Å². The van der Waals surface area contributed by atoms with Crippen LogP contribution < -0.4 is 5.32 Å². The summed E-state index contributed by atoms with van der Waals surface area (Å²) in [5.74, 6) is 1.60. The largest absolute Gasteiger partial charge is 0.317 e. The number of hydrogen-bond donors (Lipinski definition) is 1. The molecule has 0 aliphatic heterocycles. The summed E-state index contributed by atoms with van der Waals surface area (Å²) in [6, 6.07) is 9.41. The molecule has 19 heavy (non-hydrogen) atoms. The average molecular weight is 259 g/mol. The standard InChI is InChI=1S/C18H29N/c1-3-15-10-12-16(13-11-15)18-9-7-5-6-8-17(18)14-19-4-2/h10-13,17-19H,3-9,14H2,1-2H3. The Bertz CT molecular complexity index is 354. The SMILES string of the molecule is CCNCC1CCCCCC1c1ccc(CC)cc1. The van der Waals surface area contributed by atoms with Crippen molar-refractivity contribution in [3.05, 3.63) is 35.4 Å². The van der Waals surface area contributed by atoms with Crippen LogP contribution in [0.2, 0.25) is 0 Å². The number of hydrogen-bond acceptors (Lipinski definition) is 1. The van der Waals surface area contributed by atoms with E-state index in [-0.39, 0.29) is 0 Å². The van der Waals surface area contributed by atoms with Crippen molar-refractivity contribution in [1.29, 1.82) is 0 Å². The molecule has 1 aromatic carbocycles. The van der Waals surface area contributed by atoms with E-state index in [9.17, 15) is 0 Å². The first-order chi connectivity index (χ1) is 9.35. The van der Waals surface area contributed by atoms with Crippen molar-refractivity contribution in [2.75, 3.05) is 13.1 Å². The van der Waals surface area contributed by atoms with Gasteiger partial charge in [-0.15, -0.1) is 0 Å². The van der Waals surface area contributed by atoms with E-state index in [0.29, 0.717) is 0 Å². The van der Waals surface area contributed by atoms with Crippen LogP contribution in [0.3, 0.4) is 0 Å². The van der Waals surface area contributed by atoms with E-state index in [1.807, 2.05) is 0 Å². The first-order valence-corrected chi connectivity index (χ1v) is 8.14. The third-order valence-corrected chi connectivity index (χ3v) is 4.63. The Morgan fingerprint density at radius 3 is 2.42 bits per heavy atom. The Morgan fingerprint density at radius 1 is 1.00 bits per heavy atom. The zero-order chi connectivity index (χ0) is 13.5. The predicted octanol–water partition coefficient (Wildman–Crippen LogP) is 4.52. The summed E-state index contributed by atoms with van der Waals surface area (Å²) >= 11 is 0. The molecule has 0 radical (unpaired) electrons. The number of aryl methyl sites for hydroxylation is 1. The summed E-state index contributed by atoms with van der Waals surface area (Å²) in [6.07, 6.45) is 8.16. The van der Waals surface area contributed by atoms with Gasteiger partial charge in [-0.3, -0.25) is 0 Å². The molecular formula is C18H29N. The average Bonchev–Trinajstić information content (AvgIpc) is 2.70. The molecule has 1 aromatic rings. The van der Waals surface area contributed by atoms with Crippen LogP contribution in [-0.2, 0) is 6.42 Å². The fraction of sp³-hybridized carbons (Fsp3) is 0.667. The fourth-order valence-corrected chi connectivity index (χ4v) is 3.40. The summed E-state index contributed by atoms with van der Waals surface area (Å²) in [4.78, 5) is 0. The highest BCUT2D eigenvalue weighted by Gasteiger charge is 2.24. The number of rotatable bonds is 5. The topological polar surface area (TPSA) is 12.0 Å². The lowest BCUT2D eigenvalue weighted by molar-refractivity contribution is 0.379. The Labute approximate surface area is 118 Å². The van der Waals surface area contributed by atoms with Crippen LogP contribution in [0.1, 0.15) is 63.0 Å². The molecule has 1 nitrogen and oxygen atoms in total. The quantitative estimate of drug-likeness (QED) is 0.766. The van der Waals surface area contributed by atoms with Crippen molar-refractivity contribution in [2.45, 2.75) is 58.3 Å². The summed E-state index contributed by atoms with van der Waals surface area (Å²) in [5, 5.41) is 3.57. The highest BCUT2D eigenvalue weighted by atomic mass is 14.8. The zero-order valence-electron chi connectivity index (χ0n) is 12.6. The molecule has 1 aliphatic carbocycles. The molecule has 0 bridgehead atoms. The minimum absolute atomic E-state index is 0.771. The van der Waals surface area contributed by atoms with Crippen LogP contribution in [-0.4, -0.2) is 13.1 Å². The number of benzene rings is 1. The van der Waals surface area contributed by atoms with E-state index >= 15 is 0 Å². The molecule has 2 rings (SSSR count). The van der Waals surface area contributed by atoms with Gasteiger partial charge in [0.25, 0.3) is 0 Å². The van der Waals surface area contributed by atoms with Gasteiger partial charge in [-0.2, -0.15) is 0 Å². The van der Waals surface area contributed by atoms with Crippen molar-refractivity contribution < 1.29 is 0 Å². The van der Waals surface area contributed by atoms with Crippen LogP contribution >= 0.6 is 0 Å². The van der Waals surface area contributed by atoms with Gasteiger partial charge in [0.2, 0.25) is 0 Å². The second-order valence-corrected chi connectivity index (χ2v) is 5.91. The summed E-state index contributed by atoms with van der Waals surface area (Å²) in [7, 11) is 0. The molecule has 1 fully saturated rings. The van der Waals surface area contributed by atoms with Gasteiger partial charge in [0, 0.05) is 0 Å². The third kappa shape index (κ3) is 4.07. The van der Waals surface area contributed by atoms with Crippen molar-refractivity contribution in [3.63, 3.8) is 0 Å². The minimum Gasteiger partial charge on any atom is -0.317 e. The lowest BCUT2D eigenvalue weighted by Gasteiger charge is -2.26. The van der Waals surface area contributed by atoms with Crippen molar-refractivity contribution in [1.82, 2.24) is 5.32 Å². The van der Waals surface area contributed by atoms with Gasteiger partial charge >= 0.3 is 0 Å². The van der Waals surface area contributed by atoms with E-state index in [1.54, 1.807) is 5.56 Å². The highest BCUT2D eigenvalue weighted by Crippen LogP contribution is 2.36. The van der Waals surface area contributed by atoms with Crippen LogP contribution in [0, 0.1) is 5.92 Å². The van der Waals surface area contributed by atoms with Crippen LogP contribution in [0.15, 0.2) is 24.3 Å². The molecule has 106 valence electrons. The van der Waals surface area contributed by atoms with Gasteiger partial charge in [0.1, 0.15) is 0 Å². The monoisotopic (exact) mass is 259 g/mol. The molecule has 0 aromatic heterocycles. The molecule has 1 N–H and O–H groups in total. The first-order valence-electron chi connectivity index (χ1n) is 8.14. The van der Waals surface area contributed by atoms with Crippen LogP contribution in [0.5, 0.6) is 0 Å². The van der Waals surface area contributed by atoms with Crippen LogP contribution in [0.4, 0.5) is 0 Å². The Hall–Kier alpha value is -0.820. The van der Waals surface area contributed by atoms with Gasteiger partial charge < -0.3 is 5.32 Å². The summed E-state index contributed by atoms with van der Waals surface area (Å²) in [6.45, 7) is 6.73. The van der Waals surface area contributed by atoms with Gasteiger partial charge in [-0.05, 0) is 55.3 Å². The maximum atomic E-state index is 3.57. The molecule has 0 amide bonds. The Kier molecular flexibility index (Phi) is 5.91. The summed E-state index contributed by atoms with van der Waals surface area (Å²) < 4.78 is 0. The number of nitrogens with one attached hydrogen (secondary N) is 1. The predicted molar refractivity (Wildman–Crippen MR) is 83.7 cm³/mol. The van der Waals surface area contributed by atoms with Crippen LogP contribution in [0.25, 0.3) is 0 Å². The van der Waals surface area contributed by atoms with E-state index in [1.165, 1.54) is 44.2 Å². The molecule has 2 unspecified atom stereocenters. The second kappa shape index (κ2) is 7.69. The minimum atomic E-state index is 0.771. The molecule has 0 spiro atoms. The van der Waals surface area contributed by atoms with Crippen molar-refractivity contribution in [2.24, 2.45) is 5.92 Å². The lowest BCUT2D eigenvalue weighted by Crippen LogP contribution is -2.26. The highest BCUT2D eigenvalue weighted by molar-refractivity contribution is 5.26. The molecule has 1 saturated carbocycles. The zero-order valence-corrected chi connectivity index (χ0v) is 12.6. The maximum Gasteiger partial charge on any atom is -0.00148 e. The Balaban J connectivity index is 2.10. The molecular weight excluding hydrogens is 230 g/mol. The summed E-state index contributed by atoms with van der Waals surface area (Å²) in [5.41, 5.74) is 3.03. The Morgan fingerprint density at radius 2 is 1.74 bits per heavy atom. The fourth-order valence-electron chi connectivity index (χ4n) is 3.40. The molecule has 0 heterocycles. The molecule has 0 saturated heterocycles. The van der Waals surface area contributed by atoms with E-state index < -0.39 is 0 Å². The molecule has 1 heteroatoms. The van der Waals surface area contributed by atoms with E-state index in [4.69, 9.17) is 0 Å². The third-order valence-electron chi connectivity index (χ3n) is 4.63. The van der Waals surface area contributed by atoms with Crippen molar-refractivity contribution >= 4 is 0 Å². The van der Waals surface area contributed by atoms with Gasteiger partial charge in [-0.25, -0.2) is 0 Å². The maximum absolute atomic E-state index is 3.57. The molecule has 1 aliphatic rings. The van der Waals surface area contributed by atoms with E-state index in [2.05, 4.69) is 43.4 Å². The van der Waals surface area contributed by atoms with Gasteiger partial charge in [-0.1, -0.05) is 57.4 Å². The smallest absolute Gasteiger partial charge is 0.00148 e. The second-order valence-electron chi connectivity index (χ2n) is 5.91. The first kappa shape index (κ1) is 14.6. The van der Waals surface area contributed by atoms with E-state index in [0.717, 1.165) is 24.8 Å². The normalized spacial score (nSPS) is 24.1. The van der Waals surface area contributed by atoms with Gasteiger partial charge in [0.05, 0.1) is 0 Å². The lowest BCUT2D eigenvalue weighted by atomic mass is 9.82.